The van der Waals surface area contributed by atoms with Crippen LogP contribution >= 0.6 is 0 Å². The molecule has 3 nitrogen and oxygen atoms in total. The van der Waals surface area contributed by atoms with Gasteiger partial charge in [-0.25, -0.2) is 0 Å². The molecule has 2 atom stereocenters. The molecule has 0 aromatic carbocycles. The average Bonchev–Trinajstić information content (AvgIpc) is 2.12. The number of nitrogens with two attached hydrogens (primary N) is 1. The molecule has 1 aromatic heterocycles. The highest BCUT2D eigenvalue weighted by Crippen LogP contribution is 2.19. The molecule has 0 fully saturated rings. The first-order valence-corrected chi connectivity index (χ1v) is 4.80. The first kappa shape index (κ1) is 7.64. The zero-order valence-corrected chi connectivity index (χ0v) is 7.12. The predicted molar refractivity (Wildman–Crippen MR) is 47.7 cm³/mol. The van der Waals surface area contributed by atoms with Crippen LogP contribution in [0.1, 0.15) is 5.69 Å². The molecule has 1 aliphatic rings. The Kier molecular flexibility index (Phi) is 1.78. The van der Waals surface area contributed by atoms with Crippen LogP contribution in [-0.4, -0.2) is 14.6 Å². The molecule has 4 heteroatoms. The monoisotopic (exact) mass is 180 g/mol. The number of pyridine rings is 1. The Morgan fingerprint density at radius 2 is 2.42 bits per heavy atom. The van der Waals surface area contributed by atoms with Gasteiger partial charge in [0.1, 0.15) is 5.37 Å². The van der Waals surface area contributed by atoms with Gasteiger partial charge >= 0.3 is 0 Å². The van der Waals surface area contributed by atoms with Crippen molar-refractivity contribution >= 4 is 16.9 Å². The third-order valence-corrected chi connectivity index (χ3v) is 3.14. The molecule has 1 aliphatic heterocycles. The smallest absolute Gasteiger partial charge is 0.105 e. The van der Waals surface area contributed by atoms with Gasteiger partial charge in [0.05, 0.1) is 21.4 Å². The number of rotatable bonds is 0. The average molecular weight is 180 g/mol. The third kappa shape index (κ3) is 1.09. The van der Waals surface area contributed by atoms with Crippen molar-refractivity contribution in [2.45, 2.75) is 10.3 Å². The molecule has 0 saturated heterocycles. The van der Waals surface area contributed by atoms with E-state index in [0.717, 1.165) is 10.6 Å². The van der Waals surface area contributed by atoms with Gasteiger partial charge in [-0.2, -0.15) is 0 Å². The summed E-state index contributed by atoms with van der Waals surface area (Å²) < 4.78 is 11.5. The fraction of sp³-hybridized carbons (Fsp3) is 0.125. The van der Waals surface area contributed by atoms with Crippen LogP contribution in [0.5, 0.6) is 0 Å². The number of hydrogen-bond acceptors (Lipinski definition) is 3. The number of hydrogen-bond donors (Lipinski definition) is 1. The zero-order chi connectivity index (χ0) is 8.55. The van der Waals surface area contributed by atoms with Crippen LogP contribution in [0.4, 0.5) is 0 Å². The summed E-state index contributed by atoms with van der Waals surface area (Å²) in [6.07, 6.45) is 5.20. The van der Waals surface area contributed by atoms with Crippen LogP contribution in [0, 0.1) is 0 Å². The molecule has 0 aliphatic carbocycles. The molecule has 0 amide bonds. The maximum atomic E-state index is 11.5. The molecule has 0 saturated carbocycles. The number of fused-ring (bicyclic) bond motifs is 1. The van der Waals surface area contributed by atoms with Gasteiger partial charge in [-0.1, -0.05) is 6.08 Å². The first-order valence-electron chi connectivity index (χ1n) is 3.58. The van der Waals surface area contributed by atoms with Crippen molar-refractivity contribution in [2.24, 2.45) is 5.73 Å². The minimum absolute atomic E-state index is 0.387. The highest BCUT2D eigenvalue weighted by atomic mass is 32.2. The summed E-state index contributed by atoms with van der Waals surface area (Å²) in [4.78, 5) is 4.80. The van der Waals surface area contributed by atoms with E-state index in [4.69, 9.17) is 5.73 Å². The fourth-order valence-corrected chi connectivity index (χ4v) is 2.16. The summed E-state index contributed by atoms with van der Waals surface area (Å²) in [5.41, 5.74) is 6.34. The second-order valence-corrected chi connectivity index (χ2v) is 4.09. The lowest BCUT2D eigenvalue weighted by Crippen LogP contribution is -2.25. The Morgan fingerprint density at radius 3 is 3.25 bits per heavy atom. The second kappa shape index (κ2) is 2.80. The van der Waals surface area contributed by atoms with Gasteiger partial charge < -0.3 is 5.73 Å². The van der Waals surface area contributed by atoms with E-state index in [1.54, 1.807) is 30.5 Å². The van der Waals surface area contributed by atoms with Crippen LogP contribution in [0.25, 0.3) is 6.08 Å². The highest BCUT2D eigenvalue weighted by molar-refractivity contribution is 7.86. The lowest BCUT2D eigenvalue weighted by atomic mass is 10.3. The molecular formula is C8H8N2OS. The summed E-state index contributed by atoms with van der Waals surface area (Å²) >= 11 is 0. The van der Waals surface area contributed by atoms with Gasteiger partial charge in [-0.05, 0) is 18.2 Å². The lowest BCUT2D eigenvalue weighted by Gasteiger charge is -2.13. The second-order valence-electron chi connectivity index (χ2n) is 2.51. The summed E-state index contributed by atoms with van der Waals surface area (Å²) in [6, 6.07) is 3.56. The quantitative estimate of drug-likeness (QED) is 0.632. The molecule has 0 radical (unpaired) electrons. The van der Waals surface area contributed by atoms with Crippen molar-refractivity contribution < 1.29 is 4.21 Å². The highest BCUT2D eigenvalue weighted by Gasteiger charge is 2.18. The third-order valence-electron chi connectivity index (χ3n) is 1.71. The van der Waals surface area contributed by atoms with E-state index in [9.17, 15) is 4.21 Å². The molecule has 2 rings (SSSR count). The molecule has 2 N–H and O–H groups in total. The number of nitrogens with zero attached hydrogens (tertiary/aromatic N) is 1. The molecule has 62 valence electrons. The van der Waals surface area contributed by atoms with Crippen molar-refractivity contribution in [1.29, 1.82) is 0 Å². The predicted octanol–water partition coefficient (Wildman–Crippen LogP) is 0.501. The minimum atomic E-state index is -1.13. The van der Waals surface area contributed by atoms with Gasteiger partial charge in [0.25, 0.3) is 0 Å². The van der Waals surface area contributed by atoms with Crippen LogP contribution in [0.3, 0.4) is 0 Å². The van der Waals surface area contributed by atoms with Crippen LogP contribution < -0.4 is 5.73 Å². The van der Waals surface area contributed by atoms with E-state index < -0.39 is 10.8 Å². The number of aromatic nitrogens is 1. The van der Waals surface area contributed by atoms with Crippen LogP contribution in [0.2, 0.25) is 0 Å². The molecule has 1 aromatic rings. The molecule has 2 heterocycles. The Bertz CT molecular complexity index is 362. The van der Waals surface area contributed by atoms with Crippen LogP contribution in [0.15, 0.2) is 29.3 Å². The Morgan fingerprint density at radius 1 is 1.58 bits per heavy atom. The van der Waals surface area contributed by atoms with E-state index in [1.165, 1.54) is 0 Å². The normalized spacial score (nSPS) is 26.8. The lowest BCUT2D eigenvalue weighted by molar-refractivity contribution is 0.677. The van der Waals surface area contributed by atoms with E-state index in [1.807, 2.05) is 0 Å². The summed E-state index contributed by atoms with van der Waals surface area (Å²) in [5.74, 6) is 0. The molecular weight excluding hydrogens is 172 g/mol. The first-order chi connectivity index (χ1) is 5.79. The van der Waals surface area contributed by atoms with Gasteiger partial charge in [-0.3, -0.25) is 9.19 Å². The Balaban J connectivity index is 2.59. The summed E-state index contributed by atoms with van der Waals surface area (Å²) in [6.45, 7) is 0. The van der Waals surface area contributed by atoms with Crippen molar-refractivity contribution in [3.05, 3.63) is 30.1 Å². The SMILES string of the molecule is NC1C=Cc2ncccc2S1=O. The molecule has 0 spiro atoms. The molecule has 0 bridgehead atoms. The van der Waals surface area contributed by atoms with Gasteiger partial charge in [-0.15, -0.1) is 0 Å². The van der Waals surface area contributed by atoms with Crippen LogP contribution in [-0.2, 0) is 10.8 Å². The topological polar surface area (TPSA) is 56.0 Å². The fourth-order valence-electron chi connectivity index (χ4n) is 1.10. The minimum Gasteiger partial charge on any atom is -0.314 e. The van der Waals surface area contributed by atoms with Crippen molar-refractivity contribution in [1.82, 2.24) is 4.98 Å². The Labute approximate surface area is 72.8 Å². The van der Waals surface area contributed by atoms with E-state index in [-0.39, 0.29) is 5.37 Å². The zero-order valence-electron chi connectivity index (χ0n) is 6.31. The standard InChI is InChI=1S/C8H8N2OS/c9-8-4-3-6-7(12(8)11)2-1-5-10-6/h1-5,8H,9H2. The van der Waals surface area contributed by atoms with Gasteiger partial charge in [0.2, 0.25) is 0 Å². The van der Waals surface area contributed by atoms with E-state index in [0.29, 0.717) is 0 Å². The maximum absolute atomic E-state index is 11.5. The maximum Gasteiger partial charge on any atom is 0.105 e. The van der Waals surface area contributed by atoms with E-state index >= 15 is 0 Å². The van der Waals surface area contributed by atoms with Crippen molar-refractivity contribution in [3.8, 4) is 0 Å². The summed E-state index contributed by atoms with van der Waals surface area (Å²) in [7, 11) is -1.13. The van der Waals surface area contributed by atoms with Gasteiger partial charge in [0, 0.05) is 6.20 Å². The van der Waals surface area contributed by atoms with Gasteiger partial charge in [0.15, 0.2) is 0 Å². The van der Waals surface area contributed by atoms with Crippen molar-refractivity contribution in [3.63, 3.8) is 0 Å². The Hall–Kier alpha value is -1.00. The summed E-state index contributed by atoms with van der Waals surface area (Å²) in [5, 5.41) is -0.387. The molecule has 2 unspecified atom stereocenters. The largest absolute Gasteiger partial charge is 0.314 e. The van der Waals surface area contributed by atoms with E-state index in [2.05, 4.69) is 4.98 Å². The molecule has 12 heavy (non-hydrogen) atoms. The van der Waals surface area contributed by atoms with Crippen molar-refractivity contribution in [2.75, 3.05) is 0 Å².